The molecule has 0 aliphatic rings. The summed E-state index contributed by atoms with van der Waals surface area (Å²) in [7, 11) is 0. The molecule has 0 bridgehead atoms. The maximum Gasteiger partial charge on any atom is 0.175 e. The van der Waals surface area contributed by atoms with E-state index in [0.29, 0.717) is 23.2 Å². The molecule has 0 atom stereocenters. The molecule has 0 unspecified atom stereocenters. The van der Waals surface area contributed by atoms with E-state index in [4.69, 9.17) is 23.8 Å². The van der Waals surface area contributed by atoms with E-state index in [2.05, 4.69) is 20.8 Å². The normalized spacial score (nSPS) is 10.9. The molecule has 2 N–H and O–H groups in total. The van der Waals surface area contributed by atoms with Gasteiger partial charge in [-0.05, 0) is 61.5 Å². The van der Waals surface area contributed by atoms with Crippen molar-refractivity contribution in [2.24, 2.45) is 0 Å². The zero-order valence-corrected chi connectivity index (χ0v) is 19.2. The van der Waals surface area contributed by atoms with E-state index in [9.17, 15) is 4.39 Å². The van der Waals surface area contributed by atoms with E-state index in [1.54, 1.807) is 12.3 Å². The summed E-state index contributed by atoms with van der Waals surface area (Å²) in [6, 6.07) is 14.2. The Labute approximate surface area is 196 Å². The van der Waals surface area contributed by atoms with Crippen LogP contribution in [0.15, 0.2) is 60.9 Å². The first-order chi connectivity index (χ1) is 15.4. The molecule has 4 rings (SSSR count). The van der Waals surface area contributed by atoms with Gasteiger partial charge in [-0.3, -0.25) is 9.36 Å². The highest BCUT2D eigenvalue weighted by molar-refractivity contribution is 7.80. The van der Waals surface area contributed by atoms with Crippen LogP contribution in [-0.4, -0.2) is 24.7 Å². The quantitative estimate of drug-likeness (QED) is 0.371. The van der Waals surface area contributed by atoms with E-state index in [1.807, 2.05) is 59.7 Å². The van der Waals surface area contributed by atoms with Crippen LogP contribution < -0.4 is 10.6 Å². The smallest absolute Gasteiger partial charge is 0.175 e. The van der Waals surface area contributed by atoms with Crippen LogP contribution in [0.25, 0.3) is 0 Å². The van der Waals surface area contributed by atoms with Gasteiger partial charge in [-0.25, -0.2) is 4.39 Å². The van der Waals surface area contributed by atoms with Gasteiger partial charge in [0.25, 0.3) is 0 Å². The molecule has 2 heterocycles. The maximum absolute atomic E-state index is 13.5. The lowest BCUT2D eigenvalue weighted by atomic mass is 10.2. The molecule has 0 radical (unpaired) electrons. The Morgan fingerprint density at radius 1 is 1.06 bits per heavy atom. The average Bonchev–Trinajstić information content (AvgIpc) is 3.27. The molecule has 9 heteroatoms. The van der Waals surface area contributed by atoms with Crippen molar-refractivity contribution < 1.29 is 4.39 Å². The molecule has 2 aromatic heterocycles. The van der Waals surface area contributed by atoms with Crippen LogP contribution in [0.4, 0.5) is 15.8 Å². The number of thiocarbonyl (C=S) groups is 1. The molecule has 32 heavy (non-hydrogen) atoms. The molecule has 4 aromatic rings. The van der Waals surface area contributed by atoms with Crippen LogP contribution in [0.1, 0.15) is 22.5 Å². The number of anilines is 2. The molecular formula is C23H22ClFN6S. The van der Waals surface area contributed by atoms with E-state index in [-0.39, 0.29) is 5.82 Å². The standard InChI is InChI=1S/C23H22ClFN6S/c1-15-22(16(2)31(29-15)13-18-6-4-8-20(25)10-18)28-23(32)27-21-11-26-30(14-21)12-17-5-3-7-19(24)9-17/h3-11,14H,12-13H2,1-2H3,(H2,27,28,32). The highest BCUT2D eigenvalue weighted by Crippen LogP contribution is 2.21. The number of aromatic nitrogens is 4. The van der Waals surface area contributed by atoms with Gasteiger partial charge in [0.15, 0.2) is 5.11 Å². The van der Waals surface area contributed by atoms with Crippen molar-refractivity contribution in [3.05, 3.63) is 94.3 Å². The van der Waals surface area contributed by atoms with E-state index >= 15 is 0 Å². The zero-order valence-electron chi connectivity index (χ0n) is 17.6. The summed E-state index contributed by atoms with van der Waals surface area (Å²) in [5.41, 5.74) is 5.21. The van der Waals surface area contributed by atoms with Gasteiger partial charge in [0.2, 0.25) is 0 Å². The van der Waals surface area contributed by atoms with Crippen LogP contribution in [0.5, 0.6) is 0 Å². The topological polar surface area (TPSA) is 59.7 Å². The number of hydrogen-bond acceptors (Lipinski definition) is 3. The zero-order chi connectivity index (χ0) is 22.7. The monoisotopic (exact) mass is 468 g/mol. The largest absolute Gasteiger partial charge is 0.330 e. The maximum atomic E-state index is 13.5. The van der Waals surface area contributed by atoms with Gasteiger partial charge in [0, 0.05) is 11.2 Å². The molecule has 0 amide bonds. The van der Waals surface area contributed by atoms with Crippen molar-refractivity contribution in [2.75, 3.05) is 10.6 Å². The fraction of sp³-hybridized carbons (Fsp3) is 0.174. The first kappa shape index (κ1) is 22.0. The minimum Gasteiger partial charge on any atom is -0.330 e. The Kier molecular flexibility index (Phi) is 6.53. The SMILES string of the molecule is Cc1nn(Cc2cccc(F)c2)c(C)c1NC(=S)Nc1cnn(Cc2cccc(Cl)c2)c1. The van der Waals surface area contributed by atoms with Crippen LogP contribution in [0.2, 0.25) is 5.02 Å². The molecular weight excluding hydrogens is 447 g/mol. The Balaban J connectivity index is 1.40. The summed E-state index contributed by atoms with van der Waals surface area (Å²) in [6.07, 6.45) is 3.59. The highest BCUT2D eigenvalue weighted by atomic mass is 35.5. The lowest BCUT2D eigenvalue weighted by Crippen LogP contribution is -2.19. The minimum absolute atomic E-state index is 0.260. The first-order valence-electron chi connectivity index (χ1n) is 10.0. The van der Waals surface area contributed by atoms with Gasteiger partial charge < -0.3 is 10.6 Å². The van der Waals surface area contributed by atoms with Crippen molar-refractivity contribution in [1.29, 1.82) is 0 Å². The van der Waals surface area contributed by atoms with Gasteiger partial charge in [0.1, 0.15) is 5.82 Å². The van der Waals surface area contributed by atoms with Gasteiger partial charge in [-0.15, -0.1) is 0 Å². The molecule has 0 fully saturated rings. The lowest BCUT2D eigenvalue weighted by molar-refractivity contribution is 0.616. The Morgan fingerprint density at radius 2 is 1.81 bits per heavy atom. The van der Waals surface area contributed by atoms with Gasteiger partial charge in [-0.2, -0.15) is 10.2 Å². The molecule has 6 nitrogen and oxygen atoms in total. The Morgan fingerprint density at radius 3 is 2.56 bits per heavy atom. The van der Waals surface area contributed by atoms with Crippen LogP contribution >= 0.6 is 23.8 Å². The number of halogens is 2. The van der Waals surface area contributed by atoms with Crippen LogP contribution in [0, 0.1) is 19.7 Å². The second-order valence-corrected chi connectivity index (χ2v) is 8.31. The fourth-order valence-electron chi connectivity index (χ4n) is 3.45. The predicted octanol–water partition coefficient (Wildman–Crippen LogP) is 5.39. The molecule has 2 aromatic carbocycles. The Hall–Kier alpha value is -3.23. The number of rotatable bonds is 6. The van der Waals surface area contributed by atoms with Crippen molar-refractivity contribution in [2.45, 2.75) is 26.9 Å². The number of aryl methyl sites for hydroxylation is 1. The van der Waals surface area contributed by atoms with Crippen molar-refractivity contribution in [3.8, 4) is 0 Å². The molecule has 0 saturated heterocycles. The first-order valence-corrected chi connectivity index (χ1v) is 10.8. The molecule has 164 valence electrons. The lowest BCUT2D eigenvalue weighted by Gasteiger charge is -2.10. The summed E-state index contributed by atoms with van der Waals surface area (Å²) >= 11 is 11.5. The molecule has 0 spiro atoms. The fourth-order valence-corrected chi connectivity index (χ4v) is 3.89. The number of benzene rings is 2. The van der Waals surface area contributed by atoms with E-state index < -0.39 is 0 Å². The number of nitrogens with one attached hydrogen (secondary N) is 2. The number of nitrogens with zero attached hydrogens (tertiary/aromatic N) is 4. The van der Waals surface area contributed by atoms with E-state index in [0.717, 1.165) is 33.9 Å². The van der Waals surface area contributed by atoms with Crippen molar-refractivity contribution in [3.63, 3.8) is 0 Å². The Bertz CT molecular complexity index is 1270. The summed E-state index contributed by atoms with van der Waals surface area (Å²) in [5, 5.41) is 16.4. The van der Waals surface area contributed by atoms with Gasteiger partial charge in [-0.1, -0.05) is 35.9 Å². The average molecular weight is 469 g/mol. The van der Waals surface area contributed by atoms with E-state index in [1.165, 1.54) is 12.1 Å². The third-order valence-corrected chi connectivity index (χ3v) is 5.41. The van der Waals surface area contributed by atoms with Gasteiger partial charge >= 0.3 is 0 Å². The van der Waals surface area contributed by atoms with Crippen LogP contribution in [-0.2, 0) is 13.1 Å². The van der Waals surface area contributed by atoms with Crippen molar-refractivity contribution in [1.82, 2.24) is 19.6 Å². The van der Waals surface area contributed by atoms with Crippen molar-refractivity contribution >= 4 is 40.3 Å². The summed E-state index contributed by atoms with van der Waals surface area (Å²) in [6.45, 7) is 4.94. The van der Waals surface area contributed by atoms with Crippen LogP contribution in [0.3, 0.4) is 0 Å². The third-order valence-electron chi connectivity index (χ3n) is 4.97. The minimum atomic E-state index is -0.260. The second kappa shape index (κ2) is 9.50. The van der Waals surface area contributed by atoms with Gasteiger partial charge in [0.05, 0.1) is 42.0 Å². The third kappa shape index (κ3) is 5.33. The number of hydrogen-bond donors (Lipinski definition) is 2. The molecule has 0 saturated carbocycles. The predicted molar refractivity (Wildman–Crippen MR) is 130 cm³/mol. The summed E-state index contributed by atoms with van der Waals surface area (Å²) in [4.78, 5) is 0. The summed E-state index contributed by atoms with van der Waals surface area (Å²) < 4.78 is 17.1. The second-order valence-electron chi connectivity index (χ2n) is 7.47. The summed E-state index contributed by atoms with van der Waals surface area (Å²) in [5.74, 6) is -0.260. The molecule has 0 aliphatic heterocycles. The highest BCUT2D eigenvalue weighted by Gasteiger charge is 2.14. The molecule has 0 aliphatic carbocycles.